The van der Waals surface area contributed by atoms with Crippen LogP contribution in [0.5, 0.6) is 0 Å². The summed E-state index contributed by atoms with van der Waals surface area (Å²) in [6.45, 7) is 2.99. The van der Waals surface area contributed by atoms with Crippen LogP contribution in [0.1, 0.15) is 0 Å². The first-order valence-electron chi connectivity index (χ1n) is 4.97. The molecule has 0 bridgehead atoms. The topological polar surface area (TPSA) is 74.9 Å². The average molecular weight is 216 g/mol. The summed E-state index contributed by atoms with van der Waals surface area (Å²) < 4.78 is 10.3. The lowest BCUT2D eigenvalue weighted by atomic mass is 10.4. The maximum absolute atomic E-state index is 11.3. The monoisotopic (exact) mass is 216 g/mol. The molecule has 0 aromatic heterocycles. The highest BCUT2D eigenvalue weighted by molar-refractivity contribution is 5.75. The smallest absolute Gasteiger partial charge is 0.320 e. The van der Waals surface area contributed by atoms with Gasteiger partial charge in [0.15, 0.2) is 6.35 Å². The van der Waals surface area contributed by atoms with Gasteiger partial charge in [-0.2, -0.15) is 0 Å². The Morgan fingerprint density at radius 3 is 2.80 bits per heavy atom. The lowest BCUT2D eigenvalue weighted by Crippen LogP contribution is -2.71. The van der Waals surface area contributed by atoms with Gasteiger partial charge in [0, 0.05) is 20.2 Å². The van der Waals surface area contributed by atoms with E-state index < -0.39 is 6.35 Å². The second-order valence-corrected chi connectivity index (χ2v) is 3.45. The molecule has 2 aliphatic heterocycles. The molecule has 7 heteroatoms. The van der Waals surface area contributed by atoms with Crippen LogP contribution in [0.2, 0.25) is 0 Å². The number of hydrogen-bond donors (Lipinski definition) is 3. The molecule has 0 aromatic rings. The first-order chi connectivity index (χ1) is 7.29. The van der Waals surface area contributed by atoms with Gasteiger partial charge in [-0.3, -0.25) is 10.2 Å². The summed E-state index contributed by atoms with van der Waals surface area (Å²) in [6.07, 6.45) is -0.626. The van der Waals surface area contributed by atoms with Gasteiger partial charge in [0.2, 0.25) is 0 Å². The maximum atomic E-state index is 11.3. The maximum Gasteiger partial charge on any atom is 0.320 e. The fraction of sp³-hybridized carbons (Fsp3) is 0.875. The van der Waals surface area contributed by atoms with Gasteiger partial charge in [0.05, 0.1) is 13.2 Å². The molecule has 7 nitrogen and oxygen atoms in total. The second-order valence-electron chi connectivity index (χ2n) is 3.45. The normalized spacial score (nSPS) is 33.3. The number of rotatable bonds is 2. The molecule has 0 aliphatic carbocycles. The Bertz CT molecular complexity index is 232. The van der Waals surface area contributed by atoms with Crippen LogP contribution in [0.3, 0.4) is 0 Å². The van der Waals surface area contributed by atoms with E-state index in [9.17, 15) is 4.79 Å². The molecule has 2 saturated heterocycles. The third-order valence-electron chi connectivity index (χ3n) is 2.49. The lowest BCUT2D eigenvalue weighted by molar-refractivity contribution is -0.0426. The zero-order valence-electron chi connectivity index (χ0n) is 8.66. The Morgan fingerprint density at radius 1 is 1.40 bits per heavy atom. The summed E-state index contributed by atoms with van der Waals surface area (Å²) in [5, 5.41) is 8.48. The minimum Gasteiger partial charge on any atom is -0.379 e. The van der Waals surface area contributed by atoms with E-state index in [1.807, 2.05) is 0 Å². The molecule has 2 unspecified atom stereocenters. The number of ether oxygens (including phenoxy) is 2. The van der Waals surface area contributed by atoms with Crippen LogP contribution < -0.4 is 16.0 Å². The van der Waals surface area contributed by atoms with Crippen molar-refractivity contribution in [1.82, 2.24) is 20.9 Å². The van der Waals surface area contributed by atoms with Gasteiger partial charge < -0.3 is 14.8 Å². The number of urea groups is 1. The highest BCUT2D eigenvalue weighted by Crippen LogP contribution is 2.02. The second kappa shape index (κ2) is 4.75. The number of nitrogens with zero attached hydrogens (tertiary/aromatic N) is 1. The van der Waals surface area contributed by atoms with Gasteiger partial charge in [0.25, 0.3) is 0 Å². The molecular weight excluding hydrogens is 200 g/mol. The van der Waals surface area contributed by atoms with Crippen LogP contribution >= 0.6 is 0 Å². The van der Waals surface area contributed by atoms with Gasteiger partial charge >= 0.3 is 6.03 Å². The summed E-state index contributed by atoms with van der Waals surface area (Å²) in [6, 6.07) is -0.225. The number of carbonyl (C=O) groups excluding carboxylic acids is 1. The number of hydrogen-bond acceptors (Lipinski definition) is 5. The van der Waals surface area contributed by atoms with Crippen LogP contribution in [0.15, 0.2) is 0 Å². The summed E-state index contributed by atoms with van der Waals surface area (Å²) in [4.78, 5) is 13.4. The minimum atomic E-state index is -0.438. The van der Waals surface area contributed by atoms with Crippen LogP contribution in [0.4, 0.5) is 4.79 Å². The van der Waals surface area contributed by atoms with Crippen LogP contribution in [-0.2, 0) is 9.47 Å². The van der Waals surface area contributed by atoms with Crippen molar-refractivity contribution in [3.63, 3.8) is 0 Å². The SMILES string of the molecule is COC1NC(=O)NC(N2CCOCC2)N1. The third kappa shape index (κ3) is 2.57. The number of nitrogens with one attached hydrogen (secondary N) is 3. The molecule has 2 heterocycles. The van der Waals surface area contributed by atoms with E-state index in [1.165, 1.54) is 0 Å². The van der Waals surface area contributed by atoms with Crippen molar-refractivity contribution in [2.45, 2.75) is 12.6 Å². The van der Waals surface area contributed by atoms with E-state index in [4.69, 9.17) is 9.47 Å². The van der Waals surface area contributed by atoms with Crippen LogP contribution in [0, 0.1) is 0 Å². The number of amides is 2. The molecule has 2 rings (SSSR count). The molecule has 2 amide bonds. The van der Waals surface area contributed by atoms with E-state index in [0.29, 0.717) is 13.2 Å². The molecule has 3 N–H and O–H groups in total. The highest BCUT2D eigenvalue weighted by Gasteiger charge is 2.29. The first kappa shape index (κ1) is 10.6. The third-order valence-corrected chi connectivity index (χ3v) is 2.49. The quantitative estimate of drug-likeness (QED) is 0.520. The van der Waals surface area contributed by atoms with Gasteiger partial charge in [-0.25, -0.2) is 10.1 Å². The van der Waals surface area contributed by atoms with Gasteiger partial charge in [-0.15, -0.1) is 0 Å². The fourth-order valence-electron chi connectivity index (χ4n) is 1.67. The summed E-state index contributed by atoms with van der Waals surface area (Å²) in [5.41, 5.74) is 0. The molecule has 0 radical (unpaired) electrons. The largest absolute Gasteiger partial charge is 0.379 e. The van der Waals surface area contributed by atoms with E-state index in [2.05, 4.69) is 20.9 Å². The minimum absolute atomic E-state index is 0.187. The molecule has 15 heavy (non-hydrogen) atoms. The van der Waals surface area contributed by atoms with E-state index >= 15 is 0 Å². The molecule has 0 aromatic carbocycles. The zero-order chi connectivity index (χ0) is 10.7. The lowest BCUT2D eigenvalue weighted by Gasteiger charge is -2.40. The molecule has 86 valence electrons. The number of carbonyl (C=O) groups is 1. The predicted octanol–water partition coefficient (Wildman–Crippen LogP) is -1.57. The number of methoxy groups -OCH3 is 1. The Kier molecular flexibility index (Phi) is 3.37. The van der Waals surface area contributed by atoms with Crippen LogP contribution in [-0.4, -0.2) is 57.0 Å². The summed E-state index contributed by atoms with van der Waals surface area (Å²) in [7, 11) is 1.54. The molecule has 0 saturated carbocycles. The van der Waals surface area contributed by atoms with E-state index in [0.717, 1.165) is 13.1 Å². The van der Waals surface area contributed by atoms with E-state index in [-0.39, 0.29) is 12.3 Å². The van der Waals surface area contributed by atoms with Gasteiger partial charge in [-0.1, -0.05) is 0 Å². The molecular formula is C8H16N4O3. The zero-order valence-corrected chi connectivity index (χ0v) is 8.66. The first-order valence-corrected chi connectivity index (χ1v) is 4.97. The summed E-state index contributed by atoms with van der Waals surface area (Å²) in [5.74, 6) is 0. The molecule has 2 atom stereocenters. The fourth-order valence-corrected chi connectivity index (χ4v) is 1.67. The predicted molar refractivity (Wildman–Crippen MR) is 51.8 cm³/mol. The van der Waals surface area contributed by atoms with Crippen molar-refractivity contribution in [2.24, 2.45) is 0 Å². The molecule has 2 aliphatic rings. The van der Waals surface area contributed by atoms with Crippen molar-refractivity contribution in [3.05, 3.63) is 0 Å². The van der Waals surface area contributed by atoms with E-state index in [1.54, 1.807) is 7.11 Å². The van der Waals surface area contributed by atoms with Gasteiger partial charge in [0.1, 0.15) is 6.29 Å². The van der Waals surface area contributed by atoms with Gasteiger partial charge in [-0.05, 0) is 0 Å². The van der Waals surface area contributed by atoms with Crippen molar-refractivity contribution in [2.75, 3.05) is 33.4 Å². The van der Waals surface area contributed by atoms with Crippen molar-refractivity contribution in [1.29, 1.82) is 0 Å². The average Bonchev–Trinajstić information content (AvgIpc) is 2.29. The highest BCUT2D eigenvalue weighted by atomic mass is 16.5. The van der Waals surface area contributed by atoms with Crippen molar-refractivity contribution < 1.29 is 14.3 Å². The Hall–Kier alpha value is -0.890. The summed E-state index contributed by atoms with van der Waals surface area (Å²) >= 11 is 0. The standard InChI is InChI=1S/C8H16N4O3/c1-14-8-10-6(9-7(13)11-8)12-2-4-15-5-3-12/h6,8,10H,2-5H2,1H3,(H2,9,11,13). The molecule has 2 fully saturated rings. The Labute approximate surface area is 88.1 Å². The Morgan fingerprint density at radius 2 is 2.13 bits per heavy atom. The van der Waals surface area contributed by atoms with Crippen molar-refractivity contribution >= 4 is 6.03 Å². The molecule has 0 spiro atoms. The number of morpholine rings is 1. The Balaban J connectivity index is 1.92. The van der Waals surface area contributed by atoms with Crippen molar-refractivity contribution in [3.8, 4) is 0 Å². The van der Waals surface area contributed by atoms with Crippen LogP contribution in [0.25, 0.3) is 0 Å².